The topological polar surface area (TPSA) is 38.3 Å². The van der Waals surface area contributed by atoms with Gasteiger partial charge in [0.1, 0.15) is 5.54 Å². The molecule has 3 rings (SSSR count). The minimum Gasteiger partial charge on any atom is -0.376 e. The Bertz CT molecular complexity index is 643. The zero-order valence-corrected chi connectivity index (χ0v) is 13.0. The van der Waals surface area contributed by atoms with Crippen LogP contribution < -0.4 is 5.32 Å². The SMILES string of the molecule is CC(C)c1ccc(C(=O)NC2(c3ccccc3)COC2)cc1. The molecule has 1 aliphatic rings. The number of hydrogen-bond acceptors (Lipinski definition) is 2. The van der Waals surface area contributed by atoms with Gasteiger partial charge in [-0.25, -0.2) is 0 Å². The second-order valence-electron chi connectivity index (χ2n) is 6.17. The monoisotopic (exact) mass is 295 g/mol. The Morgan fingerprint density at radius 2 is 1.68 bits per heavy atom. The van der Waals surface area contributed by atoms with Crippen molar-refractivity contribution >= 4 is 5.91 Å². The van der Waals surface area contributed by atoms with E-state index in [1.54, 1.807) is 0 Å². The van der Waals surface area contributed by atoms with E-state index in [1.165, 1.54) is 5.56 Å². The number of hydrogen-bond donors (Lipinski definition) is 1. The summed E-state index contributed by atoms with van der Waals surface area (Å²) in [7, 11) is 0. The Morgan fingerprint density at radius 3 is 2.18 bits per heavy atom. The van der Waals surface area contributed by atoms with Gasteiger partial charge in [0.05, 0.1) is 13.2 Å². The number of benzene rings is 2. The van der Waals surface area contributed by atoms with Crippen molar-refractivity contribution in [2.24, 2.45) is 0 Å². The van der Waals surface area contributed by atoms with Gasteiger partial charge in [-0.15, -0.1) is 0 Å². The molecule has 114 valence electrons. The average Bonchev–Trinajstić information content (AvgIpc) is 2.51. The number of rotatable bonds is 4. The minimum atomic E-state index is -0.394. The first kappa shape index (κ1) is 14.8. The number of amides is 1. The Kier molecular flexibility index (Phi) is 3.99. The molecule has 0 radical (unpaired) electrons. The molecule has 0 bridgehead atoms. The van der Waals surface area contributed by atoms with Crippen LogP contribution in [0.25, 0.3) is 0 Å². The Hall–Kier alpha value is -2.13. The van der Waals surface area contributed by atoms with Gasteiger partial charge in [0.25, 0.3) is 5.91 Å². The smallest absolute Gasteiger partial charge is 0.252 e. The summed E-state index contributed by atoms with van der Waals surface area (Å²) in [6.07, 6.45) is 0. The van der Waals surface area contributed by atoms with Gasteiger partial charge in [-0.2, -0.15) is 0 Å². The molecule has 1 aliphatic heterocycles. The summed E-state index contributed by atoms with van der Waals surface area (Å²) >= 11 is 0. The first-order valence-corrected chi connectivity index (χ1v) is 7.66. The summed E-state index contributed by atoms with van der Waals surface area (Å²) in [6, 6.07) is 17.8. The van der Waals surface area contributed by atoms with Crippen molar-refractivity contribution in [2.75, 3.05) is 13.2 Å². The molecule has 1 heterocycles. The molecule has 1 N–H and O–H groups in total. The largest absolute Gasteiger partial charge is 0.376 e. The van der Waals surface area contributed by atoms with E-state index in [0.29, 0.717) is 24.7 Å². The maximum Gasteiger partial charge on any atom is 0.252 e. The van der Waals surface area contributed by atoms with Crippen LogP contribution >= 0.6 is 0 Å². The van der Waals surface area contributed by atoms with Crippen molar-refractivity contribution < 1.29 is 9.53 Å². The zero-order valence-electron chi connectivity index (χ0n) is 13.0. The van der Waals surface area contributed by atoms with Gasteiger partial charge in [-0.1, -0.05) is 56.3 Å². The van der Waals surface area contributed by atoms with E-state index in [9.17, 15) is 4.79 Å². The van der Waals surface area contributed by atoms with Crippen molar-refractivity contribution in [3.8, 4) is 0 Å². The third-order valence-electron chi connectivity index (χ3n) is 4.22. The predicted octanol–water partition coefficient (Wildman–Crippen LogP) is 3.47. The fourth-order valence-electron chi connectivity index (χ4n) is 2.68. The maximum atomic E-state index is 12.5. The van der Waals surface area contributed by atoms with E-state index in [1.807, 2.05) is 54.6 Å². The molecule has 0 spiro atoms. The van der Waals surface area contributed by atoms with Crippen LogP contribution in [0.15, 0.2) is 54.6 Å². The van der Waals surface area contributed by atoms with Gasteiger partial charge in [0.2, 0.25) is 0 Å². The Labute approximate surface area is 131 Å². The van der Waals surface area contributed by atoms with Crippen LogP contribution in [-0.2, 0) is 10.3 Å². The Morgan fingerprint density at radius 1 is 1.05 bits per heavy atom. The summed E-state index contributed by atoms with van der Waals surface area (Å²) in [5.74, 6) is 0.412. The molecule has 2 aromatic carbocycles. The number of nitrogens with one attached hydrogen (secondary N) is 1. The molecule has 3 nitrogen and oxygen atoms in total. The number of ether oxygens (including phenoxy) is 1. The molecule has 1 amide bonds. The Balaban J connectivity index is 1.78. The quantitative estimate of drug-likeness (QED) is 0.938. The van der Waals surface area contributed by atoms with Crippen molar-refractivity contribution in [3.05, 3.63) is 71.3 Å². The summed E-state index contributed by atoms with van der Waals surface area (Å²) < 4.78 is 5.37. The minimum absolute atomic E-state index is 0.0533. The summed E-state index contributed by atoms with van der Waals surface area (Å²) in [4.78, 5) is 12.5. The van der Waals surface area contributed by atoms with Crippen molar-refractivity contribution in [2.45, 2.75) is 25.3 Å². The molecule has 0 unspecified atom stereocenters. The van der Waals surface area contributed by atoms with Gasteiger partial charge in [0.15, 0.2) is 0 Å². The van der Waals surface area contributed by atoms with Crippen LogP contribution in [0.5, 0.6) is 0 Å². The van der Waals surface area contributed by atoms with Gasteiger partial charge in [-0.05, 0) is 29.2 Å². The van der Waals surface area contributed by atoms with E-state index in [2.05, 4.69) is 19.2 Å². The van der Waals surface area contributed by atoms with Crippen molar-refractivity contribution in [1.82, 2.24) is 5.32 Å². The molecule has 0 aromatic heterocycles. The highest BCUT2D eigenvalue weighted by atomic mass is 16.5. The average molecular weight is 295 g/mol. The standard InChI is InChI=1S/C19H21NO2/c1-14(2)15-8-10-16(11-9-15)18(21)20-19(12-22-13-19)17-6-4-3-5-7-17/h3-11,14H,12-13H2,1-2H3,(H,20,21). The van der Waals surface area contributed by atoms with Gasteiger partial charge in [-0.3, -0.25) is 4.79 Å². The fraction of sp³-hybridized carbons (Fsp3) is 0.316. The lowest BCUT2D eigenvalue weighted by atomic mass is 9.87. The molecule has 1 saturated heterocycles. The van der Waals surface area contributed by atoms with Gasteiger partial charge in [0, 0.05) is 5.56 Å². The van der Waals surface area contributed by atoms with Crippen LogP contribution in [0.3, 0.4) is 0 Å². The maximum absolute atomic E-state index is 12.5. The van der Waals surface area contributed by atoms with E-state index in [0.717, 1.165) is 5.56 Å². The first-order chi connectivity index (χ1) is 10.6. The summed E-state index contributed by atoms with van der Waals surface area (Å²) in [6.45, 7) is 5.33. The lowest BCUT2D eigenvalue weighted by Gasteiger charge is -2.42. The fourth-order valence-corrected chi connectivity index (χ4v) is 2.68. The van der Waals surface area contributed by atoms with Crippen molar-refractivity contribution in [3.63, 3.8) is 0 Å². The molecule has 0 aliphatic carbocycles. The molecule has 22 heavy (non-hydrogen) atoms. The zero-order chi connectivity index (χ0) is 15.6. The van der Waals surface area contributed by atoms with Crippen molar-refractivity contribution in [1.29, 1.82) is 0 Å². The first-order valence-electron chi connectivity index (χ1n) is 7.66. The van der Waals surface area contributed by atoms with Crippen LogP contribution in [-0.4, -0.2) is 19.1 Å². The second-order valence-corrected chi connectivity index (χ2v) is 6.17. The lowest BCUT2D eigenvalue weighted by molar-refractivity contribution is -0.0733. The number of carbonyl (C=O) groups excluding carboxylic acids is 1. The van der Waals surface area contributed by atoms with Gasteiger partial charge >= 0.3 is 0 Å². The van der Waals surface area contributed by atoms with Crippen LogP contribution in [0.2, 0.25) is 0 Å². The normalized spacial score (nSPS) is 16.1. The third-order valence-corrected chi connectivity index (χ3v) is 4.22. The predicted molar refractivity (Wildman–Crippen MR) is 86.9 cm³/mol. The molecule has 3 heteroatoms. The summed E-state index contributed by atoms with van der Waals surface area (Å²) in [5.41, 5.74) is 2.62. The molecule has 0 saturated carbocycles. The van der Waals surface area contributed by atoms with Crippen LogP contribution in [0.1, 0.15) is 41.3 Å². The van der Waals surface area contributed by atoms with E-state index in [4.69, 9.17) is 4.74 Å². The van der Waals surface area contributed by atoms with Crippen LogP contribution in [0.4, 0.5) is 0 Å². The van der Waals surface area contributed by atoms with Crippen LogP contribution in [0, 0.1) is 0 Å². The van der Waals surface area contributed by atoms with E-state index >= 15 is 0 Å². The van der Waals surface area contributed by atoms with E-state index in [-0.39, 0.29) is 5.91 Å². The van der Waals surface area contributed by atoms with E-state index < -0.39 is 5.54 Å². The highest BCUT2D eigenvalue weighted by molar-refractivity contribution is 5.95. The van der Waals surface area contributed by atoms with Gasteiger partial charge < -0.3 is 10.1 Å². The number of carbonyl (C=O) groups is 1. The highest BCUT2D eigenvalue weighted by Gasteiger charge is 2.41. The molecule has 2 aromatic rings. The third kappa shape index (κ3) is 2.77. The lowest BCUT2D eigenvalue weighted by Crippen LogP contribution is -2.59. The molecular weight excluding hydrogens is 274 g/mol. The highest BCUT2D eigenvalue weighted by Crippen LogP contribution is 2.29. The molecule has 0 atom stereocenters. The second kappa shape index (κ2) is 5.93. The summed E-state index contributed by atoms with van der Waals surface area (Å²) in [5, 5.41) is 3.15. The molecule has 1 fully saturated rings. The molecular formula is C19H21NO2.